The van der Waals surface area contributed by atoms with Gasteiger partial charge in [-0.15, -0.1) is 0 Å². The highest BCUT2D eigenvalue weighted by atomic mass is 16.6. The molecule has 1 aliphatic carbocycles. The van der Waals surface area contributed by atoms with Gasteiger partial charge in [0.25, 0.3) is 5.91 Å². The van der Waals surface area contributed by atoms with Crippen molar-refractivity contribution in [2.24, 2.45) is 0 Å². The smallest absolute Gasteiger partial charge is 0.306 e. The topological polar surface area (TPSA) is 85.0 Å². The molecule has 4 rings (SSSR count). The number of benzene rings is 1. The normalized spacial score (nSPS) is 32.3. The van der Waals surface area contributed by atoms with E-state index in [-0.39, 0.29) is 29.8 Å². The third-order valence-corrected chi connectivity index (χ3v) is 4.19. The molecule has 112 valence electrons. The van der Waals surface area contributed by atoms with E-state index in [1.54, 1.807) is 30.3 Å². The Morgan fingerprint density at radius 2 is 2.00 bits per heavy atom. The molecule has 22 heavy (non-hydrogen) atoms. The summed E-state index contributed by atoms with van der Waals surface area (Å²) in [7, 11) is 0. The van der Waals surface area contributed by atoms with Crippen LogP contribution >= 0.6 is 0 Å². The van der Waals surface area contributed by atoms with Crippen LogP contribution in [0.5, 0.6) is 0 Å². The largest absolute Gasteiger partial charge is 0.452 e. The highest BCUT2D eigenvalue weighted by Gasteiger charge is 2.64. The van der Waals surface area contributed by atoms with E-state index in [2.05, 4.69) is 5.32 Å². The lowest BCUT2D eigenvalue weighted by Gasteiger charge is -2.26. The van der Waals surface area contributed by atoms with Crippen molar-refractivity contribution < 1.29 is 23.9 Å². The Hall–Kier alpha value is -2.47. The van der Waals surface area contributed by atoms with Crippen molar-refractivity contribution in [3.8, 4) is 0 Å². The maximum absolute atomic E-state index is 12.2. The fraction of sp³-hybridized carbons (Fsp3) is 0.312. The zero-order valence-corrected chi connectivity index (χ0v) is 11.6. The number of ether oxygens (including phenoxy) is 2. The van der Waals surface area contributed by atoms with Crippen LogP contribution in [-0.4, -0.2) is 35.5 Å². The summed E-state index contributed by atoms with van der Waals surface area (Å²) in [5.41, 5.74) is -0.315. The second-order valence-electron chi connectivity index (χ2n) is 5.65. The molecule has 0 aromatic heterocycles. The van der Waals surface area contributed by atoms with Crippen LogP contribution in [0.15, 0.2) is 42.1 Å². The van der Waals surface area contributed by atoms with E-state index >= 15 is 0 Å². The van der Waals surface area contributed by atoms with E-state index in [1.807, 2.05) is 0 Å². The minimum atomic E-state index is -0.908. The lowest BCUT2D eigenvalue weighted by molar-refractivity contribution is -0.146. The standard InChI is InChI=1S/C16H13NO5/c18-11-6-7-16(22-11)8-10(12(19)13-14(16)21-13)17-15(20)9-4-2-1-3-5-9/h1-5,8,13-14H,6-7H2,(H,17,20)/t13-,14-,16+/m1/s1. The van der Waals surface area contributed by atoms with Gasteiger partial charge in [0, 0.05) is 18.4 Å². The molecule has 0 radical (unpaired) electrons. The minimum Gasteiger partial charge on any atom is -0.452 e. The predicted octanol–water partition coefficient (Wildman–Crippen LogP) is 0.726. The summed E-state index contributed by atoms with van der Waals surface area (Å²) in [4.78, 5) is 35.8. The van der Waals surface area contributed by atoms with Crippen LogP contribution in [0.4, 0.5) is 0 Å². The van der Waals surface area contributed by atoms with Crippen LogP contribution in [0.2, 0.25) is 0 Å². The Balaban J connectivity index is 1.62. The molecule has 3 aliphatic rings. The monoisotopic (exact) mass is 299 g/mol. The van der Waals surface area contributed by atoms with Crippen LogP contribution in [0.1, 0.15) is 23.2 Å². The summed E-state index contributed by atoms with van der Waals surface area (Å²) >= 11 is 0. The van der Waals surface area contributed by atoms with Gasteiger partial charge in [-0.3, -0.25) is 14.4 Å². The molecule has 6 heteroatoms. The van der Waals surface area contributed by atoms with E-state index in [1.165, 1.54) is 6.08 Å². The Bertz CT molecular complexity index is 711. The van der Waals surface area contributed by atoms with Crippen molar-refractivity contribution in [3.63, 3.8) is 0 Å². The highest BCUT2D eigenvalue weighted by molar-refractivity contribution is 6.07. The summed E-state index contributed by atoms with van der Waals surface area (Å²) in [6.45, 7) is 0. The van der Waals surface area contributed by atoms with E-state index in [4.69, 9.17) is 9.47 Å². The Labute approximate surface area is 126 Å². The van der Waals surface area contributed by atoms with Gasteiger partial charge in [-0.1, -0.05) is 18.2 Å². The first kappa shape index (κ1) is 13.2. The molecule has 6 nitrogen and oxygen atoms in total. The molecule has 2 aliphatic heterocycles. The zero-order valence-electron chi connectivity index (χ0n) is 11.6. The van der Waals surface area contributed by atoms with Gasteiger partial charge in [0.05, 0.1) is 5.70 Å². The molecule has 1 N–H and O–H groups in total. The SMILES string of the molecule is O=C1CC[C@@]2(C=C(NC(=O)c3ccccc3)C(=O)[C@H]3O[C@H]32)O1. The van der Waals surface area contributed by atoms with Gasteiger partial charge in [-0.2, -0.15) is 0 Å². The molecular formula is C16H13NO5. The third-order valence-electron chi connectivity index (χ3n) is 4.19. The molecule has 3 atom stereocenters. The first-order valence-corrected chi connectivity index (χ1v) is 7.10. The van der Waals surface area contributed by atoms with E-state index in [0.29, 0.717) is 12.0 Å². The fourth-order valence-electron chi connectivity index (χ4n) is 3.03. The third kappa shape index (κ3) is 1.95. The summed E-state index contributed by atoms with van der Waals surface area (Å²) in [5, 5.41) is 2.61. The first-order valence-electron chi connectivity index (χ1n) is 7.10. The molecule has 2 fully saturated rings. The van der Waals surface area contributed by atoms with E-state index in [9.17, 15) is 14.4 Å². The number of fused-ring (bicyclic) bond motifs is 2. The quantitative estimate of drug-likeness (QED) is 0.642. The maximum atomic E-state index is 12.2. The molecule has 1 amide bonds. The number of hydrogen-bond acceptors (Lipinski definition) is 5. The molecule has 0 bridgehead atoms. The van der Waals surface area contributed by atoms with Crippen molar-refractivity contribution in [2.45, 2.75) is 30.7 Å². The van der Waals surface area contributed by atoms with Crippen molar-refractivity contribution in [3.05, 3.63) is 47.7 Å². The molecule has 1 spiro atoms. The number of ketones is 1. The highest BCUT2D eigenvalue weighted by Crippen LogP contribution is 2.47. The number of Topliss-reactive ketones (excluding diaryl/α,β-unsaturated/α-hetero) is 1. The fourth-order valence-corrected chi connectivity index (χ4v) is 3.03. The molecule has 0 unspecified atom stereocenters. The van der Waals surface area contributed by atoms with Crippen LogP contribution in [-0.2, 0) is 19.1 Å². The minimum absolute atomic E-state index is 0.141. The summed E-state index contributed by atoms with van der Waals surface area (Å²) in [6, 6.07) is 8.60. The lowest BCUT2D eigenvalue weighted by Crippen LogP contribution is -2.43. The Morgan fingerprint density at radius 3 is 2.68 bits per heavy atom. The molecule has 0 saturated carbocycles. The maximum Gasteiger partial charge on any atom is 0.306 e. The average Bonchev–Trinajstić information content (AvgIpc) is 3.26. The number of carbonyl (C=O) groups excluding carboxylic acids is 3. The number of esters is 1. The molecule has 1 aromatic carbocycles. The van der Waals surface area contributed by atoms with Gasteiger partial charge >= 0.3 is 5.97 Å². The van der Waals surface area contributed by atoms with Crippen molar-refractivity contribution in [2.75, 3.05) is 0 Å². The van der Waals surface area contributed by atoms with Crippen molar-refractivity contribution in [1.82, 2.24) is 5.32 Å². The number of rotatable bonds is 2. The average molecular weight is 299 g/mol. The lowest BCUT2D eigenvalue weighted by atomic mass is 9.86. The summed E-state index contributed by atoms with van der Waals surface area (Å²) in [5.74, 6) is -0.963. The van der Waals surface area contributed by atoms with Gasteiger partial charge < -0.3 is 14.8 Å². The molecular weight excluding hydrogens is 286 g/mol. The van der Waals surface area contributed by atoms with Crippen LogP contribution in [0.25, 0.3) is 0 Å². The summed E-state index contributed by atoms with van der Waals surface area (Å²) in [6.07, 6.45) is 1.25. The van der Waals surface area contributed by atoms with Crippen LogP contribution in [0.3, 0.4) is 0 Å². The van der Waals surface area contributed by atoms with Gasteiger partial charge in [0.15, 0.2) is 11.7 Å². The molecule has 2 heterocycles. The predicted molar refractivity (Wildman–Crippen MR) is 73.7 cm³/mol. The number of epoxide rings is 1. The van der Waals surface area contributed by atoms with Crippen LogP contribution < -0.4 is 5.32 Å². The molecule has 2 saturated heterocycles. The molecule has 1 aromatic rings. The van der Waals surface area contributed by atoms with E-state index < -0.39 is 17.8 Å². The Kier molecular flexibility index (Phi) is 2.71. The number of nitrogens with one attached hydrogen (secondary N) is 1. The van der Waals surface area contributed by atoms with Gasteiger partial charge in [0.1, 0.15) is 6.10 Å². The van der Waals surface area contributed by atoms with Gasteiger partial charge in [0.2, 0.25) is 5.78 Å². The Morgan fingerprint density at radius 1 is 1.23 bits per heavy atom. The van der Waals surface area contributed by atoms with Gasteiger partial charge in [-0.25, -0.2) is 0 Å². The number of carbonyl (C=O) groups is 3. The zero-order chi connectivity index (χ0) is 15.3. The second-order valence-corrected chi connectivity index (χ2v) is 5.65. The second kappa shape index (κ2) is 4.51. The van der Waals surface area contributed by atoms with Crippen LogP contribution in [0, 0.1) is 0 Å². The number of hydrogen-bond donors (Lipinski definition) is 1. The van der Waals surface area contributed by atoms with E-state index in [0.717, 1.165) is 0 Å². The number of amides is 1. The van der Waals surface area contributed by atoms with Crippen molar-refractivity contribution in [1.29, 1.82) is 0 Å². The summed E-state index contributed by atoms with van der Waals surface area (Å²) < 4.78 is 10.7. The van der Waals surface area contributed by atoms with Crippen molar-refractivity contribution >= 4 is 17.7 Å². The first-order chi connectivity index (χ1) is 10.6. The van der Waals surface area contributed by atoms with Gasteiger partial charge in [-0.05, 0) is 18.2 Å².